The van der Waals surface area contributed by atoms with Gasteiger partial charge in [0.2, 0.25) is 15.9 Å². The highest BCUT2D eigenvalue weighted by Crippen LogP contribution is 2.44. The van der Waals surface area contributed by atoms with E-state index >= 15 is 0 Å². The molecule has 182 valence electrons. The van der Waals surface area contributed by atoms with Gasteiger partial charge in [-0.15, -0.1) is 0 Å². The predicted molar refractivity (Wildman–Crippen MR) is 129 cm³/mol. The highest BCUT2D eigenvalue weighted by Gasteiger charge is 2.49. The number of likely N-dealkylation sites (tertiary alicyclic amines) is 1. The monoisotopic (exact) mass is 485 g/mol. The van der Waals surface area contributed by atoms with Crippen molar-refractivity contribution in [1.82, 2.24) is 9.21 Å². The third kappa shape index (κ3) is 4.27. The number of sulfonamides is 1. The van der Waals surface area contributed by atoms with Gasteiger partial charge in [0.1, 0.15) is 5.82 Å². The van der Waals surface area contributed by atoms with E-state index < -0.39 is 10.0 Å². The lowest BCUT2D eigenvalue weighted by molar-refractivity contribution is -0.117. The Morgan fingerprint density at radius 1 is 1.03 bits per heavy atom. The minimum Gasteiger partial charge on any atom is -0.306 e. The van der Waals surface area contributed by atoms with Gasteiger partial charge in [-0.3, -0.25) is 9.69 Å². The number of carbonyl (C=O) groups excluding carboxylic acids is 1. The van der Waals surface area contributed by atoms with Crippen molar-refractivity contribution in [2.45, 2.75) is 68.5 Å². The number of halogens is 1. The zero-order chi connectivity index (χ0) is 23.9. The molecule has 0 radical (unpaired) electrons. The standard InChI is InChI=1S/C26H32FN3O3S/c1-20-18-26(11-10-25(31)30(26)23-8-5-7-22(27)17-23)12-15-28(20)19-21-6-4-9-24(16-21)34(32,33)29-13-2-3-14-29/h4-9,16-17,20H,2-3,10-15,18-19H2,1H3/t20-,26+/m1/s1. The van der Waals surface area contributed by atoms with Crippen LogP contribution in [0.1, 0.15) is 51.0 Å². The highest BCUT2D eigenvalue weighted by atomic mass is 32.2. The number of piperidine rings is 1. The second-order valence-corrected chi connectivity index (χ2v) is 11.9. The van der Waals surface area contributed by atoms with Gasteiger partial charge in [0.05, 0.1) is 10.4 Å². The maximum absolute atomic E-state index is 13.9. The van der Waals surface area contributed by atoms with Gasteiger partial charge in [-0.05, 0) is 74.9 Å². The van der Waals surface area contributed by atoms with Gasteiger partial charge in [-0.2, -0.15) is 4.31 Å². The summed E-state index contributed by atoms with van der Waals surface area (Å²) in [5, 5.41) is 0. The lowest BCUT2D eigenvalue weighted by atomic mass is 9.81. The second-order valence-electron chi connectivity index (χ2n) is 9.97. The Morgan fingerprint density at radius 2 is 1.79 bits per heavy atom. The molecule has 3 heterocycles. The molecule has 2 aromatic carbocycles. The van der Waals surface area contributed by atoms with Crippen molar-refractivity contribution in [2.75, 3.05) is 24.5 Å². The van der Waals surface area contributed by atoms with Crippen LogP contribution in [0.25, 0.3) is 0 Å². The Balaban J connectivity index is 1.32. The maximum Gasteiger partial charge on any atom is 0.243 e. The molecule has 1 spiro atoms. The SMILES string of the molecule is C[C@@H]1C[C@]2(CCC(=O)N2c2cccc(F)c2)CCN1Cc1cccc(S(=O)(=O)N2CCCC2)c1. The van der Waals surface area contributed by atoms with Gasteiger partial charge < -0.3 is 4.90 Å². The molecule has 0 bridgehead atoms. The first kappa shape index (κ1) is 23.5. The average molecular weight is 486 g/mol. The minimum absolute atomic E-state index is 0.0612. The van der Waals surface area contributed by atoms with Crippen molar-refractivity contribution in [2.24, 2.45) is 0 Å². The van der Waals surface area contributed by atoms with Gasteiger partial charge in [0.15, 0.2) is 0 Å². The van der Waals surface area contributed by atoms with E-state index in [9.17, 15) is 17.6 Å². The number of nitrogens with zero attached hydrogens (tertiary/aromatic N) is 3. The normalized spacial score (nSPS) is 26.6. The minimum atomic E-state index is -3.44. The summed E-state index contributed by atoms with van der Waals surface area (Å²) >= 11 is 0. The molecule has 3 saturated heterocycles. The number of anilines is 1. The molecule has 2 atom stereocenters. The first-order valence-electron chi connectivity index (χ1n) is 12.2. The summed E-state index contributed by atoms with van der Waals surface area (Å²) in [6, 6.07) is 13.8. The number of benzene rings is 2. The van der Waals surface area contributed by atoms with Crippen molar-refractivity contribution in [3.63, 3.8) is 0 Å². The number of hydrogen-bond acceptors (Lipinski definition) is 4. The van der Waals surface area contributed by atoms with Crippen molar-refractivity contribution in [1.29, 1.82) is 0 Å². The van der Waals surface area contributed by atoms with Gasteiger partial charge in [0.25, 0.3) is 0 Å². The molecule has 6 nitrogen and oxygen atoms in total. The first-order chi connectivity index (χ1) is 16.3. The molecule has 0 N–H and O–H groups in total. The van der Waals surface area contributed by atoms with E-state index in [0.29, 0.717) is 36.6 Å². The van der Waals surface area contributed by atoms with Crippen molar-refractivity contribution in [3.05, 3.63) is 59.9 Å². The number of carbonyl (C=O) groups is 1. The van der Waals surface area contributed by atoms with Crippen LogP contribution in [0.15, 0.2) is 53.4 Å². The van der Waals surface area contributed by atoms with Crippen LogP contribution in [0.5, 0.6) is 0 Å². The summed E-state index contributed by atoms with van der Waals surface area (Å²) in [5.41, 5.74) is 1.33. The second kappa shape index (κ2) is 9.06. The smallest absolute Gasteiger partial charge is 0.243 e. The summed E-state index contributed by atoms with van der Waals surface area (Å²) in [7, 11) is -3.44. The molecule has 0 aromatic heterocycles. The largest absolute Gasteiger partial charge is 0.306 e. The van der Waals surface area contributed by atoms with Crippen LogP contribution in [0, 0.1) is 5.82 Å². The number of hydrogen-bond donors (Lipinski definition) is 0. The van der Waals surface area contributed by atoms with Crippen molar-refractivity contribution < 1.29 is 17.6 Å². The molecule has 3 fully saturated rings. The van der Waals surface area contributed by atoms with E-state index in [2.05, 4.69) is 11.8 Å². The molecule has 5 rings (SSSR count). The molecule has 34 heavy (non-hydrogen) atoms. The average Bonchev–Trinajstić information content (AvgIpc) is 3.46. The summed E-state index contributed by atoms with van der Waals surface area (Å²) < 4.78 is 41.5. The Bertz CT molecular complexity index is 1180. The van der Waals surface area contributed by atoms with Gasteiger partial charge in [0, 0.05) is 44.3 Å². The molecular formula is C26H32FN3O3S. The summed E-state index contributed by atoms with van der Waals surface area (Å²) in [4.78, 5) is 17.4. The molecule has 3 aliphatic rings. The lowest BCUT2D eigenvalue weighted by Gasteiger charge is -2.48. The maximum atomic E-state index is 13.9. The Hall–Kier alpha value is -2.29. The van der Waals surface area contributed by atoms with Crippen LogP contribution in [0.4, 0.5) is 10.1 Å². The summed E-state index contributed by atoms with van der Waals surface area (Å²) in [6.07, 6.45) is 4.72. The molecule has 8 heteroatoms. The number of rotatable bonds is 5. The molecule has 1 amide bonds. The molecule has 0 saturated carbocycles. The fraction of sp³-hybridized carbons (Fsp3) is 0.500. The predicted octanol–water partition coefficient (Wildman–Crippen LogP) is 4.16. The van der Waals surface area contributed by atoms with Crippen LogP contribution in [0.2, 0.25) is 0 Å². The van der Waals surface area contributed by atoms with Crippen LogP contribution >= 0.6 is 0 Å². The number of amides is 1. The lowest BCUT2D eigenvalue weighted by Crippen LogP contribution is -2.56. The van der Waals surface area contributed by atoms with Crippen molar-refractivity contribution >= 4 is 21.6 Å². The van der Waals surface area contributed by atoms with Crippen LogP contribution in [0.3, 0.4) is 0 Å². The summed E-state index contributed by atoms with van der Waals surface area (Å²) in [6.45, 7) is 4.81. The fourth-order valence-electron chi connectivity index (χ4n) is 6.00. The molecule has 0 unspecified atom stereocenters. The van der Waals surface area contributed by atoms with E-state index in [1.807, 2.05) is 29.2 Å². The van der Waals surface area contributed by atoms with Gasteiger partial charge in [-0.1, -0.05) is 18.2 Å². The molecule has 3 aliphatic heterocycles. The van der Waals surface area contributed by atoms with E-state index in [4.69, 9.17) is 0 Å². The molecule has 2 aromatic rings. The highest BCUT2D eigenvalue weighted by molar-refractivity contribution is 7.89. The Labute approximate surface area is 201 Å². The zero-order valence-electron chi connectivity index (χ0n) is 19.6. The van der Waals surface area contributed by atoms with Crippen LogP contribution < -0.4 is 4.90 Å². The van der Waals surface area contributed by atoms with Crippen molar-refractivity contribution in [3.8, 4) is 0 Å². The summed E-state index contributed by atoms with van der Waals surface area (Å²) in [5.74, 6) is -0.271. The van der Waals surface area contributed by atoms with Gasteiger partial charge in [-0.25, -0.2) is 12.8 Å². The van der Waals surface area contributed by atoms with E-state index in [-0.39, 0.29) is 23.3 Å². The third-order valence-electron chi connectivity index (χ3n) is 7.74. The quantitative estimate of drug-likeness (QED) is 0.638. The van der Waals surface area contributed by atoms with Crippen LogP contribution in [-0.4, -0.2) is 54.7 Å². The Kier molecular flexibility index (Phi) is 6.25. The fourth-order valence-corrected chi connectivity index (χ4v) is 7.58. The Morgan fingerprint density at radius 3 is 2.53 bits per heavy atom. The topological polar surface area (TPSA) is 60.9 Å². The third-order valence-corrected chi connectivity index (χ3v) is 9.64. The first-order valence-corrected chi connectivity index (χ1v) is 13.6. The molecular weight excluding hydrogens is 453 g/mol. The van der Waals surface area contributed by atoms with E-state index in [1.165, 1.54) is 12.1 Å². The van der Waals surface area contributed by atoms with E-state index in [1.54, 1.807) is 16.4 Å². The van der Waals surface area contributed by atoms with Gasteiger partial charge >= 0.3 is 0 Å². The molecule has 0 aliphatic carbocycles. The zero-order valence-corrected chi connectivity index (χ0v) is 20.4. The van der Waals surface area contributed by atoms with E-state index in [0.717, 1.165) is 44.2 Å². The van der Waals surface area contributed by atoms with Crippen LogP contribution in [-0.2, 0) is 21.4 Å².